The number of fused-ring (bicyclic) bond motifs is 1. The molecule has 3 heterocycles. The number of hydrogen-bond donors (Lipinski definition) is 0. The van der Waals surface area contributed by atoms with E-state index in [1.165, 1.54) is 9.08 Å². The fraction of sp³-hybridized carbons (Fsp3) is 0.368. The van der Waals surface area contributed by atoms with Crippen LogP contribution in [0.15, 0.2) is 53.5 Å². The molecular weight excluding hydrogens is 385 g/mol. The van der Waals surface area contributed by atoms with E-state index in [2.05, 4.69) is 10.00 Å². The van der Waals surface area contributed by atoms with Gasteiger partial charge in [0.1, 0.15) is 0 Å². The third kappa shape index (κ3) is 4.46. The van der Waals surface area contributed by atoms with Crippen LogP contribution in [0.5, 0.6) is 0 Å². The Hall–Kier alpha value is -2.02. The lowest BCUT2D eigenvalue weighted by Gasteiger charge is -2.36. The molecule has 0 atom stereocenters. The Morgan fingerprint density at radius 1 is 1.11 bits per heavy atom. The molecule has 6 nitrogen and oxygen atoms in total. The molecule has 4 rings (SSSR count). The molecule has 0 unspecified atom stereocenters. The predicted molar refractivity (Wildman–Crippen MR) is 111 cm³/mol. The Kier molecular flexibility index (Phi) is 5.56. The highest BCUT2D eigenvalue weighted by Crippen LogP contribution is 2.20. The van der Waals surface area contributed by atoms with Gasteiger partial charge in [-0.05, 0) is 36.8 Å². The maximum Gasteiger partial charge on any atom is 0.350 e. The maximum atomic E-state index is 12.4. The van der Waals surface area contributed by atoms with E-state index >= 15 is 0 Å². The number of hydrogen-bond acceptors (Lipinski definition) is 4. The van der Waals surface area contributed by atoms with E-state index in [0.29, 0.717) is 23.8 Å². The van der Waals surface area contributed by atoms with Crippen molar-refractivity contribution in [2.45, 2.75) is 13.0 Å². The van der Waals surface area contributed by atoms with Crippen molar-refractivity contribution in [2.24, 2.45) is 0 Å². The topological polar surface area (TPSA) is 45.8 Å². The number of nitrogens with zero attached hydrogens (tertiary/aromatic N) is 5. The summed E-state index contributed by atoms with van der Waals surface area (Å²) < 4.78 is 19.8. The lowest BCUT2D eigenvalue weighted by molar-refractivity contribution is 0.248. The molecular formula is C19H23Cl2N5O. The first kappa shape index (κ1) is 17.1. The number of halogens is 2. The molecule has 0 bridgehead atoms. The average molecular weight is 410 g/mol. The van der Waals surface area contributed by atoms with Crippen LogP contribution in [0.25, 0.3) is 5.65 Å². The van der Waals surface area contributed by atoms with Crippen molar-refractivity contribution in [2.75, 3.05) is 37.6 Å². The van der Waals surface area contributed by atoms with Crippen LogP contribution in [0.3, 0.4) is 0 Å². The van der Waals surface area contributed by atoms with Crippen LogP contribution < -0.4 is 10.6 Å². The van der Waals surface area contributed by atoms with Crippen molar-refractivity contribution in [1.29, 1.82) is 0 Å². The van der Waals surface area contributed by atoms with Gasteiger partial charge in [-0.3, -0.25) is 9.30 Å². The minimum Gasteiger partial charge on any atom is -0.369 e. The zero-order valence-electron chi connectivity index (χ0n) is 16.8. The summed E-state index contributed by atoms with van der Waals surface area (Å²) in [5, 5.41) is 4.98. The summed E-state index contributed by atoms with van der Waals surface area (Å²) >= 11 is 6.07. The van der Waals surface area contributed by atoms with Crippen LogP contribution in [0.4, 0.5) is 5.69 Å². The van der Waals surface area contributed by atoms with E-state index in [4.69, 9.17) is 14.3 Å². The van der Waals surface area contributed by atoms with Crippen molar-refractivity contribution in [1.82, 2.24) is 19.1 Å². The van der Waals surface area contributed by atoms with Gasteiger partial charge in [-0.15, -0.1) is 17.5 Å². The van der Waals surface area contributed by atoms with Crippen LogP contribution in [0, 0.1) is 0 Å². The Morgan fingerprint density at radius 2 is 1.93 bits per heavy atom. The van der Waals surface area contributed by atoms with Crippen LogP contribution >= 0.6 is 24.0 Å². The monoisotopic (exact) mass is 409 g/mol. The summed E-state index contributed by atoms with van der Waals surface area (Å²) in [6, 6.07) is 13.1. The first-order valence-electron chi connectivity index (χ1n) is 9.74. The van der Waals surface area contributed by atoms with Gasteiger partial charge < -0.3 is 4.90 Å². The second-order valence-electron chi connectivity index (χ2n) is 6.30. The van der Waals surface area contributed by atoms with E-state index < -0.39 is 6.50 Å². The summed E-state index contributed by atoms with van der Waals surface area (Å²) in [4.78, 5) is 16.4. The van der Waals surface area contributed by atoms with E-state index in [0.717, 1.165) is 18.8 Å². The molecule has 1 fully saturated rings. The van der Waals surface area contributed by atoms with E-state index in [1.807, 2.05) is 35.2 Å². The van der Waals surface area contributed by atoms with Crippen molar-refractivity contribution in [3.63, 3.8) is 0 Å². The third-order valence-corrected chi connectivity index (χ3v) is 4.84. The number of pyridine rings is 1. The molecule has 2 aromatic heterocycles. The molecule has 1 aliphatic rings. The molecule has 1 saturated heterocycles. The summed E-state index contributed by atoms with van der Waals surface area (Å²) in [7, 11) is 0. The van der Waals surface area contributed by atoms with E-state index in [9.17, 15) is 4.79 Å². The van der Waals surface area contributed by atoms with Crippen LogP contribution in [0.2, 0.25) is 5.02 Å². The third-order valence-electron chi connectivity index (χ3n) is 4.60. The van der Waals surface area contributed by atoms with Gasteiger partial charge in [0.15, 0.2) is 5.65 Å². The summed E-state index contributed by atoms with van der Waals surface area (Å²) in [5.41, 5.74) is 1.39. The standard InChI is InChI=1S/C19H22ClN5O.ClH/c20-16-5-3-6-17(15-16)23-13-11-22(12-14-23)8-4-10-25-19(26)24-9-2-1-7-18(24)21-25;/h1-3,5-7,9,15H,4,8,10-14H2;1H/i8D2;. The number of piperazine rings is 1. The molecule has 0 saturated carbocycles. The molecule has 0 aliphatic carbocycles. The lowest BCUT2D eigenvalue weighted by atomic mass is 10.2. The Labute approximate surface area is 172 Å². The molecule has 8 heteroatoms. The number of aryl methyl sites for hydroxylation is 1. The molecule has 0 spiro atoms. The molecule has 144 valence electrons. The van der Waals surface area contributed by atoms with Gasteiger partial charge >= 0.3 is 5.69 Å². The lowest BCUT2D eigenvalue weighted by Crippen LogP contribution is -2.46. The Balaban J connectivity index is 0.00000240. The Morgan fingerprint density at radius 3 is 2.67 bits per heavy atom. The molecule has 0 radical (unpaired) electrons. The number of benzene rings is 1. The van der Waals surface area contributed by atoms with Gasteiger partial charge in [-0.25, -0.2) is 9.48 Å². The van der Waals surface area contributed by atoms with Crippen molar-refractivity contribution in [3.8, 4) is 0 Å². The highest BCUT2D eigenvalue weighted by molar-refractivity contribution is 6.30. The highest BCUT2D eigenvalue weighted by Gasteiger charge is 2.17. The second kappa shape index (κ2) is 8.78. The number of anilines is 1. The normalized spacial score (nSPS) is 16.7. The first-order valence-corrected chi connectivity index (χ1v) is 9.12. The predicted octanol–water partition coefficient (Wildman–Crippen LogP) is 2.78. The molecule has 0 N–H and O–H groups in total. The van der Waals surface area contributed by atoms with Crippen LogP contribution in [-0.4, -0.2) is 51.8 Å². The average Bonchev–Trinajstić information content (AvgIpc) is 3.03. The summed E-state index contributed by atoms with van der Waals surface area (Å²) in [6.07, 6.45) is 1.87. The van der Waals surface area contributed by atoms with Crippen LogP contribution in [-0.2, 0) is 6.54 Å². The zero-order valence-corrected chi connectivity index (χ0v) is 16.4. The number of aromatic nitrogens is 3. The van der Waals surface area contributed by atoms with Gasteiger partial charge in [0.05, 0.1) is 0 Å². The van der Waals surface area contributed by atoms with Gasteiger partial charge in [0.2, 0.25) is 0 Å². The first-order chi connectivity index (χ1) is 13.4. The van der Waals surface area contributed by atoms with Crippen LogP contribution in [0.1, 0.15) is 9.16 Å². The minimum atomic E-state index is -1.50. The summed E-state index contributed by atoms with van der Waals surface area (Å²) in [6.45, 7) is 1.42. The smallest absolute Gasteiger partial charge is 0.350 e. The quantitative estimate of drug-likeness (QED) is 0.649. The summed E-state index contributed by atoms with van der Waals surface area (Å²) in [5.74, 6) is 0. The largest absolute Gasteiger partial charge is 0.369 e. The van der Waals surface area contributed by atoms with Gasteiger partial charge in [0, 0.05) is 58.9 Å². The van der Waals surface area contributed by atoms with E-state index in [-0.39, 0.29) is 31.1 Å². The van der Waals surface area contributed by atoms with Crippen molar-refractivity contribution >= 4 is 35.3 Å². The molecule has 27 heavy (non-hydrogen) atoms. The zero-order chi connectivity index (χ0) is 19.7. The molecule has 0 amide bonds. The molecule has 3 aromatic rings. The van der Waals surface area contributed by atoms with Gasteiger partial charge in [-0.2, -0.15) is 0 Å². The molecule has 1 aliphatic heterocycles. The van der Waals surface area contributed by atoms with Crippen molar-refractivity contribution in [3.05, 3.63) is 64.2 Å². The van der Waals surface area contributed by atoms with Gasteiger partial charge in [-0.1, -0.05) is 23.7 Å². The fourth-order valence-corrected chi connectivity index (χ4v) is 3.41. The highest BCUT2D eigenvalue weighted by atomic mass is 35.5. The van der Waals surface area contributed by atoms with Gasteiger partial charge in [0.25, 0.3) is 0 Å². The Bertz CT molecular complexity index is 1030. The number of rotatable bonds is 5. The fourth-order valence-electron chi connectivity index (χ4n) is 3.22. The second-order valence-corrected chi connectivity index (χ2v) is 6.73. The SMILES string of the molecule is Cl.[2H]C([2H])(CCn1nc2ccccn2c1=O)N1CCN(c2cccc(Cl)c2)CC1. The van der Waals surface area contributed by atoms with E-state index in [1.54, 1.807) is 18.3 Å². The maximum absolute atomic E-state index is 12.4. The minimum absolute atomic E-state index is 0. The molecule has 1 aromatic carbocycles. The van der Waals surface area contributed by atoms with Crippen molar-refractivity contribution < 1.29 is 2.74 Å².